The number of rotatable bonds is 7. The topological polar surface area (TPSA) is 50.6 Å². The standard InChI is InChI=1S/C16H28N4O2/c1-4-22-15(21)13-19-9-7-18(8-10-19)11-12-20-6-5-17-16(20)14(2)3/h5-6,14H,4,7-13H2,1-3H3. The minimum absolute atomic E-state index is 0.115. The lowest BCUT2D eigenvalue weighted by Crippen LogP contribution is -2.48. The first-order valence-electron chi connectivity index (χ1n) is 8.21. The van der Waals surface area contributed by atoms with Gasteiger partial charge in [-0.05, 0) is 6.92 Å². The van der Waals surface area contributed by atoms with E-state index in [1.807, 2.05) is 13.1 Å². The fraction of sp³-hybridized carbons (Fsp3) is 0.750. The summed E-state index contributed by atoms with van der Waals surface area (Å²) in [5.41, 5.74) is 0. The van der Waals surface area contributed by atoms with Crippen LogP contribution in [-0.2, 0) is 16.1 Å². The fourth-order valence-corrected chi connectivity index (χ4v) is 2.82. The van der Waals surface area contributed by atoms with Gasteiger partial charge in [0.25, 0.3) is 0 Å². The van der Waals surface area contributed by atoms with E-state index in [0.717, 1.165) is 45.1 Å². The number of imidazole rings is 1. The average Bonchev–Trinajstić information content (AvgIpc) is 2.95. The van der Waals surface area contributed by atoms with Crippen molar-refractivity contribution in [3.63, 3.8) is 0 Å². The number of piperazine rings is 1. The zero-order chi connectivity index (χ0) is 15.9. The minimum atomic E-state index is -0.115. The van der Waals surface area contributed by atoms with Gasteiger partial charge < -0.3 is 9.30 Å². The van der Waals surface area contributed by atoms with Crippen molar-refractivity contribution < 1.29 is 9.53 Å². The van der Waals surface area contributed by atoms with Crippen LogP contribution < -0.4 is 0 Å². The highest BCUT2D eigenvalue weighted by atomic mass is 16.5. The quantitative estimate of drug-likeness (QED) is 0.708. The van der Waals surface area contributed by atoms with Gasteiger partial charge >= 0.3 is 5.97 Å². The highest BCUT2D eigenvalue weighted by Gasteiger charge is 2.19. The molecule has 0 aliphatic carbocycles. The maximum Gasteiger partial charge on any atom is 0.320 e. The van der Waals surface area contributed by atoms with Crippen LogP contribution in [0, 0.1) is 0 Å². The van der Waals surface area contributed by atoms with Crippen molar-refractivity contribution in [1.82, 2.24) is 19.4 Å². The number of esters is 1. The summed E-state index contributed by atoms with van der Waals surface area (Å²) in [6.45, 7) is 12.9. The van der Waals surface area contributed by atoms with Gasteiger partial charge in [0.2, 0.25) is 0 Å². The van der Waals surface area contributed by atoms with E-state index < -0.39 is 0 Å². The maximum atomic E-state index is 11.5. The molecule has 1 aromatic heterocycles. The number of ether oxygens (including phenoxy) is 1. The van der Waals surface area contributed by atoms with Crippen LogP contribution in [0.15, 0.2) is 12.4 Å². The average molecular weight is 308 g/mol. The predicted molar refractivity (Wildman–Crippen MR) is 85.8 cm³/mol. The molecule has 6 heteroatoms. The van der Waals surface area contributed by atoms with Crippen LogP contribution in [0.3, 0.4) is 0 Å². The molecule has 124 valence electrons. The molecule has 1 aliphatic rings. The van der Waals surface area contributed by atoms with Crippen LogP contribution in [0.1, 0.15) is 32.5 Å². The van der Waals surface area contributed by atoms with Gasteiger partial charge in [-0.15, -0.1) is 0 Å². The Hall–Kier alpha value is -1.40. The Kier molecular flexibility index (Phi) is 6.39. The molecule has 0 radical (unpaired) electrons. The van der Waals surface area contributed by atoms with E-state index in [9.17, 15) is 4.79 Å². The molecule has 1 aromatic rings. The van der Waals surface area contributed by atoms with Crippen LogP contribution >= 0.6 is 0 Å². The number of carbonyl (C=O) groups is 1. The third-order valence-electron chi connectivity index (χ3n) is 4.04. The summed E-state index contributed by atoms with van der Waals surface area (Å²) < 4.78 is 7.24. The number of carbonyl (C=O) groups excluding carboxylic acids is 1. The Morgan fingerprint density at radius 1 is 1.23 bits per heavy atom. The number of hydrogen-bond acceptors (Lipinski definition) is 5. The Labute approximate surface area is 133 Å². The van der Waals surface area contributed by atoms with Crippen molar-refractivity contribution in [1.29, 1.82) is 0 Å². The highest BCUT2D eigenvalue weighted by Crippen LogP contribution is 2.12. The number of nitrogens with zero attached hydrogens (tertiary/aromatic N) is 4. The summed E-state index contributed by atoms with van der Waals surface area (Å²) in [4.78, 5) is 20.5. The van der Waals surface area contributed by atoms with E-state index in [1.54, 1.807) is 0 Å². The van der Waals surface area contributed by atoms with E-state index in [-0.39, 0.29) is 5.97 Å². The summed E-state index contributed by atoms with van der Waals surface area (Å²) >= 11 is 0. The summed E-state index contributed by atoms with van der Waals surface area (Å²) in [6, 6.07) is 0. The van der Waals surface area contributed by atoms with Gasteiger partial charge in [0, 0.05) is 57.6 Å². The molecule has 1 saturated heterocycles. The van der Waals surface area contributed by atoms with Gasteiger partial charge in [-0.25, -0.2) is 4.98 Å². The molecule has 0 aromatic carbocycles. The molecule has 0 amide bonds. The molecule has 1 fully saturated rings. The minimum Gasteiger partial charge on any atom is -0.465 e. The number of hydrogen-bond donors (Lipinski definition) is 0. The monoisotopic (exact) mass is 308 g/mol. The van der Waals surface area contributed by atoms with Crippen molar-refractivity contribution >= 4 is 5.97 Å². The summed E-state index contributed by atoms with van der Waals surface area (Å²) in [7, 11) is 0. The van der Waals surface area contributed by atoms with Crippen LogP contribution in [0.5, 0.6) is 0 Å². The van der Waals surface area contributed by atoms with Crippen LogP contribution in [0.25, 0.3) is 0 Å². The Bertz CT molecular complexity index is 464. The first kappa shape index (κ1) is 17.0. The molecule has 0 bridgehead atoms. The predicted octanol–water partition coefficient (Wildman–Crippen LogP) is 1.19. The van der Waals surface area contributed by atoms with Gasteiger partial charge in [-0.1, -0.05) is 13.8 Å². The molecule has 0 atom stereocenters. The fourth-order valence-electron chi connectivity index (χ4n) is 2.82. The lowest BCUT2D eigenvalue weighted by molar-refractivity contribution is -0.144. The van der Waals surface area contributed by atoms with E-state index in [4.69, 9.17) is 4.74 Å². The molecule has 2 rings (SSSR count). The summed E-state index contributed by atoms with van der Waals surface area (Å²) in [5.74, 6) is 1.49. The number of aromatic nitrogens is 2. The lowest BCUT2D eigenvalue weighted by Gasteiger charge is -2.34. The largest absolute Gasteiger partial charge is 0.465 e. The molecule has 0 saturated carbocycles. The molecule has 22 heavy (non-hydrogen) atoms. The van der Waals surface area contributed by atoms with Gasteiger partial charge in [-0.2, -0.15) is 0 Å². The van der Waals surface area contributed by atoms with Gasteiger partial charge in [-0.3, -0.25) is 14.6 Å². The van der Waals surface area contributed by atoms with Crippen molar-refractivity contribution in [2.45, 2.75) is 33.2 Å². The van der Waals surface area contributed by atoms with Crippen LogP contribution in [-0.4, -0.2) is 71.2 Å². The third kappa shape index (κ3) is 4.81. The molecule has 0 N–H and O–H groups in total. The molecular formula is C16H28N4O2. The Morgan fingerprint density at radius 2 is 1.91 bits per heavy atom. The second-order valence-electron chi connectivity index (χ2n) is 6.06. The SMILES string of the molecule is CCOC(=O)CN1CCN(CCn2ccnc2C(C)C)CC1. The first-order chi connectivity index (χ1) is 10.6. The van der Waals surface area contributed by atoms with Crippen LogP contribution in [0.2, 0.25) is 0 Å². The zero-order valence-corrected chi connectivity index (χ0v) is 14.0. The lowest BCUT2D eigenvalue weighted by atomic mass is 10.2. The van der Waals surface area contributed by atoms with Gasteiger partial charge in [0.1, 0.15) is 5.82 Å². The summed E-state index contributed by atoms with van der Waals surface area (Å²) in [6.07, 6.45) is 3.94. The second-order valence-corrected chi connectivity index (χ2v) is 6.06. The zero-order valence-electron chi connectivity index (χ0n) is 14.0. The second kappa shape index (κ2) is 8.29. The van der Waals surface area contributed by atoms with E-state index >= 15 is 0 Å². The van der Waals surface area contributed by atoms with Crippen molar-refractivity contribution in [3.05, 3.63) is 18.2 Å². The van der Waals surface area contributed by atoms with E-state index in [0.29, 0.717) is 19.1 Å². The van der Waals surface area contributed by atoms with Crippen molar-refractivity contribution in [2.24, 2.45) is 0 Å². The first-order valence-corrected chi connectivity index (χ1v) is 8.21. The Morgan fingerprint density at radius 3 is 2.55 bits per heavy atom. The van der Waals surface area contributed by atoms with Crippen LogP contribution in [0.4, 0.5) is 0 Å². The van der Waals surface area contributed by atoms with Crippen molar-refractivity contribution in [2.75, 3.05) is 45.9 Å². The normalized spacial score (nSPS) is 17.1. The maximum absolute atomic E-state index is 11.5. The van der Waals surface area contributed by atoms with Gasteiger partial charge in [0.15, 0.2) is 0 Å². The molecule has 2 heterocycles. The molecule has 0 spiro atoms. The third-order valence-corrected chi connectivity index (χ3v) is 4.04. The molecule has 0 unspecified atom stereocenters. The molecular weight excluding hydrogens is 280 g/mol. The summed E-state index contributed by atoms with van der Waals surface area (Å²) in [5, 5.41) is 0. The van der Waals surface area contributed by atoms with Crippen molar-refractivity contribution in [3.8, 4) is 0 Å². The van der Waals surface area contributed by atoms with Gasteiger partial charge in [0.05, 0.1) is 13.2 Å². The molecule has 6 nitrogen and oxygen atoms in total. The molecule has 1 aliphatic heterocycles. The van der Waals surface area contributed by atoms with E-state index in [2.05, 4.69) is 39.4 Å². The Balaban J connectivity index is 1.71. The highest BCUT2D eigenvalue weighted by molar-refractivity contribution is 5.71. The van der Waals surface area contributed by atoms with E-state index in [1.165, 1.54) is 0 Å². The smallest absolute Gasteiger partial charge is 0.320 e.